The molecule has 7 nitrogen and oxygen atoms in total. The van der Waals surface area contributed by atoms with Crippen molar-refractivity contribution in [3.63, 3.8) is 0 Å². The lowest BCUT2D eigenvalue weighted by Gasteiger charge is -2.31. The van der Waals surface area contributed by atoms with Crippen LogP contribution >= 0.6 is 0 Å². The van der Waals surface area contributed by atoms with E-state index in [-0.39, 0.29) is 16.8 Å². The molecule has 2 heterocycles. The minimum absolute atomic E-state index is 0.0821. The fourth-order valence-corrected chi connectivity index (χ4v) is 5.25. The molecule has 0 spiro atoms. The number of rotatable bonds is 7. The molecule has 1 unspecified atom stereocenters. The van der Waals surface area contributed by atoms with Gasteiger partial charge in [-0.25, -0.2) is 13.1 Å². The molecule has 0 saturated carbocycles. The average Bonchev–Trinajstić information content (AvgIpc) is 3.20. The highest BCUT2D eigenvalue weighted by Crippen LogP contribution is 2.24. The quantitative estimate of drug-likeness (QED) is 0.711. The molecule has 4 rings (SSSR count). The number of ether oxygens (including phenoxy) is 1. The van der Waals surface area contributed by atoms with Crippen molar-refractivity contribution in [2.45, 2.75) is 30.7 Å². The summed E-state index contributed by atoms with van der Waals surface area (Å²) < 4.78 is 34.7. The summed E-state index contributed by atoms with van der Waals surface area (Å²) in [5.41, 5.74) is 2.80. The second kappa shape index (κ2) is 9.48. The number of hydrogen-bond acceptors (Lipinski definition) is 5. The second-order valence-corrected chi connectivity index (χ2v) is 9.85. The Morgan fingerprint density at radius 2 is 1.68 bits per heavy atom. The molecule has 0 aromatic heterocycles. The van der Waals surface area contributed by atoms with Gasteiger partial charge in [-0.15, -0.1) is 0 Å². The predicted molar refractivity (Wildman–Crippen MR) is 120 cm³/mol. The molecular formula is C23H29N3O4S. The Bertz CT molecular complexity index is 1000. The van der Waals surface area contributed by atoms with Crippen molar-refractivity contribution < 1.29 is 17.9 Å². The van der Waals surface area contributed by atoms with E-state index in [1.807, 2.05) is 31.2 Å². The minimum Gasteiger partial charge on any atom is -0.379 e. The summed E-state index contributed by atoms with van der Waals surface area (Å²) in [6.07, 6.45) is 1.38. The van der Waals surface area contributed by atoms with Crippen molar-refractivity contribution in [1.29, 1.82) is 0 Å². The van der Waals surface area contributed by atoms with Gasteiger partial charge in [0.2, 0.25) is 15.9 Å². The molecule has 8 heteroatoms. The molecule has 166 valence electrons. The molecule has 2 aromatic carbocycles. The fourth-order valence-electron chi connectivity index (χ4n) is 4.03. The third kappa shape index (κ3) is 5.33. The van der Waals surface area contributed by atoms with Crippen molar-refractivity contribution in [3.05, 3.63) is 59.7 Å². The van der Waals surface area contributed by atoms with Gasteiger partial charge in [0.05, 0.1) is 24.2 Å². The number of aryl methyl sites for hydroxylation is 1. The van der Waals surface area contributed by atoms with Crippen LogP contribution in [0.1, 0.15) is 30.0 Å². The number of carbonyl (C=O) groups excluding carboxylic acids is 1. The van der Waals surface area contributed by atoms with Gasteiger partial charge in [-0.3, -0.25) is 9.69 Å². The van der Waals surface area contributed by atoms with Gasteiger partial charge in [0, 0.05) is 38.3 Å². The van der Waals surface area contributed by atoms with Crippen LogP contribution in [0.15, 0.2) is 53.4 Å². The molecule has 0 aliphatic carbocycles. The first-order valence-corrected chi connectivity index (χ1v) is 12.2. The Labute approximate surface area is 184 Å². The highest BCUT2D eigenvalue weighted by atomic mass is 32.2. The molecule has 2 aromatic rings. The van der Waals surface area contributed by atoms with Crippen molar-refractivity contribution in [3.8, 4) is 0 Å². The van der Waals surface area contributed by atoms with E-state index in [9.17, 15) is 13.2 Å². The summed E-state index contributed by atoms with van der Waals surface area (Å²) in [5.74, 6) is 0.0821. The van der Waals surface area contributed by atoms with Gasteiger partial charge in [0.1, 0.15) is 0 Å². The normalized spacial score (nSPS) is 19.0. The van der Waals surface area contributed by atoms with Gasteiger partial charge in [-0.2, -0.15) is 0 Å². The van der Waals surface area contributed by atoms with Crippen LogP contribution in [-0.2, 0) is 19.6 Å². The summed E-state index contributed by atoms with van der Waals surface area (Å²) in [7, 11) is -3.73. The zero-order valence-electron chi connectivity index (χ0n) is 17.8. The lowest BCUT2D eigenvalue weighted by Crippen LogP contribution is -2.43. The van der Waals surface area contributed by atoms with Crippen molar-refractivity contribution in [2.75, 3.05) is 44.3 Å². The van der Waals surface area contributed by atoms with Crippen LogP contribution < -0.4 is 9.62 Å². The smallest absolute Gasteiger partial charge is 0.241 e. The number of hydrogen-bond donors (Lipinski definition) is 1. The summed E-state index contributed by atoms with van der Waals surface area (Å²) in [6.45, 7) is 6.14. The Morgan fingerprint density at radius 1 is 1.00 bits per heavy atom. The Morgan fingerprint density at radius 3 is 2.29 bits per heavy atom. The predicted octanol–water partition coefficient (Wildman–Crippen LogP) is 2.47. The average molecular weight is 444 g/mol. The van der Waals surface area contributed by atoms with Gasteiger partial charge < -0.3 is 9.64 Å². The topological polar surface area (TPSA) is 79.0 Å². The molecular weight excluding hydrogens is 414 g/mol. The second-order valence-electron chi connectivity index (χ2n) is 8.14. The van der Waals surface area contributed by atoms with E-state index < -0.39 is 10.0 Å². The van der Waals surface area contributed by atoms with Crippen molar-refractivity contribution in [2.24, 2.45) is 0 Å². The maximum absolute atomic E-state index is 13.2. The van der Waals surface area contributed by atoms with Gasteiger partial charge in [-0.1, -0.05) is 29.8 Å². The van der Waals surface area contributed by atoms with Crippen molar-refractivity contribution in [1.82, 2.24) is 9.62 Å². The van der Waals surface area contributed by atoms with Gasteiger partial charge >= 0.3 is 0 Å². The summed E-state index contributed by atoms with van der Waals surface area (Å²) in [6, 6.07) is 14.1. The van der Waals surface area contributed by atoms with E-state index >= 15 is 0 Å². The first-order valence-electron chi connectivity index (χ1n) is 10.7. The molecule has 2 aliphatic rings. The SMILES string of the molecule is Cc1ccc(C(CN2CCOCC2)NS(=O)(=O)c2ccc(N3CCCC3=O)cc2)cc1. The van der Waals surface area contributed by atoms with Crippen LogP contribution in [0.3, 0.4) is 0 Å². The molecule has 1 atom stereocenters. The van der Waals surface area contributed by atoms with E-state index in [0.717, 1.165) is 36.3 Å². The molecule has 2 saturated heterocycles. The third-order valence-corrected chi connectivity index (χ3v) is 7.34. The number of amides is 1. The van der Waals surface area contributed by atoms with Gasteiger partial charge in [0.15, 0.2) is 0 Å². The van der Waals surface area contributed by atoms with E-state index in [2.05, 4.69) is 9.62 Å². The number of nitrogens with zero attached hydrogens (tertiary/aromatic N) is 2. The van der Waals surface area contributed by atoms with Crippen LogP contribution in [0.25, 0.3) is 0 Å². The molecule has 2 aliphatic heterocycles. The third-order valence-electron chi connectivity index (χ3n) is 5.85. The monoisotopic (exact) mass is 443 g/mol. The molecule has 2 fully saturated rings. The molecule has 0 bridgehead atoms. The number of morpholine rings is 1. The lowest BCUT2D eigenvalue weighted by molar-refractivity contribution is -0.117. The Kier molecular flexibility index (Phi) is 6.71. The number of anilines is 1. The molecule has 31 heavy (non-hydrogen) atoms. The van der Waals surface area contributed by atoms with Gasteiger partial charge in [0.25, 0.3) is 0 Å². The number of sulfonamides is 1. The van der Waals surface area contributed by atoms with Crippen LogP contribution in [0.5, 0.6) is 0 Å². The molecule has 0 radical (unpaired) electrons. The number of nitrogens with one attached hydrogen (secondary N) is 1. The van der Waals surface area contributed by atoms with Crippen LogP contribution in [0, 0.1) is 6.92 Å². The Balaban J connectivity index is 1.54. The van der Waals surface area contributed by atoms with Crippen molar-refractivity contribution >= 4 is 21.6 Å². The maximum atomic E-state index is 13.2. The van der Waals surface area contributed by atoms with Crippen LogP contribution in [-0.4, -0.2) is 58.6 Å². The summed E-state index contributed by atoms with van der Waals surface area (Å²) in [4.78, 5) is 16.1. The number of carbonyl (C=O) groups is 1. The van der Waals surface area contributed by atoms with Crippen LogP contribution in [0.4, 0.5) is 5.69 Å². The zero-order chi connectivity index (χ0) is 21.8. The van der Waals surface area contributed by atoms with E-state index in [1.54, 1.807) is 29.2 Å². The fraction of sp³-hybridized carbons (Fsp3) is 0.435. The zero-order valence-corrected chi connectivity index (χ0v) is 18.6. The Hall–Kier alpha value is -2.26. The largest absolute Gasteiger partial charge is 0.379 e. The standard InChI is InChI=1S/C23H29N3O4S/c1-18-4-6-19(7-5-18)22(17-25-13-15-30-16-14-25)24-31(28,29)21-10-8-20(9-11-21)26-12-2-3-23(26)27/h4-11,22,24H,2-3,12-17H2,1H3. The molecule has 1 N–H and O–H groups in total. The minimum atomic E-state index is -3.73. The summed E-state index contributed by atoms with van der Waals surface area (Å²) in [5, 5.41) is 0. The van der Waals surface area contributed by atoms with E-state index in [0.29, 0.717) is 32.7 Å². The lowest BCUT2D eigenvalue weighted by atomic mass is 10.1. The number of benzene rings is 2. The first-order chi connectivity index (χ1) is 14.9. The van der Waals surface area contributed by atoms with Crippen LogP contribution in [0.2, 0.25) is 0 Å². The first kappa shape index (κ1) is 22.0. The van der Waals surface area contributed by atoms with E-state index in [4.69, 9.17) is 4.74 Å². The highest BCUT2D eigenvalue weighted by Gasteiger charge is 2.26. The van der Waals surface area contributed by atoms with Gasteiger partial charge in [-0.05, 0) is 43.2 Å². The maximum Gasteiger partial charge on any atom is 0.241 e. The molecule has 1 amide bonds. The summed E-state index contributed by atoms with van der Waals surface area (Å²) >= 11 is 0. The highest BCUT2D eigenvalue weighted by molar-refractivity contribution is 7.89. The van der Waals surface area contributed by atoms with E-state index in [1.165, 1.54) is 0 Å².